The molecule has 0 aliphatic carbocycles. The minimum Gasteiger partial charge on any atom is -0.375 e. The van der Waals surface area contributed by atoms with Crippen LogP contribution in [0.2, 0.25) is 0 Å². The molecule has 5 heteroatoms. The van der Waals surface area contributed by atoms with Crippen LogP contribution < -0.4 is 5.32 Å². The first-order valence-electron chi connectivity index (χ1n) is 6.16. The van der Waals surface area contributed by atoms with Crippen molar-refractivity contribution in [2.75, 3.05) is 19.7 Å². The summed E-state index contributed by atoms with van der Waals surface area (Å²) in [5, 5.41) is 2.69. The monoisotopic (exact) mass is 242 g/mol. The predicted octanol–water partition coefficient (Wildman–Crippen LogP) is 0.539. The van der Waals surface area contributed by atoms with Gasteiger partial charge < -0.3 is 15.0 Å². The molecule has 0 aromatic rings. The molecule has 2 atom stereocenters. The number of nitrogens with zero attached hydrogens (tertiary/aromatic N) is 1. The highest BCUT2D eigenvalue weighted by Gasteiger charge is 2.26. The van der Waals surface area contributed by atoms with E-state index >= 15 is 0 Å². The molecule has 1 aliphatic heterocycles. The Hall–Kier alpha value is -1.10. The summed E-state index contributed by atoms with van der Waals surface area (Å²) in [4.78, 5) is 24.5. The Balaban J connectivity index is 2.28. The van der Waals surface area contributed by atoms with Crippen molar-refractivity contribution in [1.29, 1.82) is 0 Å². The van der Waals surface area contributed by atoms with Crippen molar-refractivity contribution in [2.24, 2.45) is 0 Å². The Morgan fingerprint density at radius 2 is 2.12 bits per heavy atom. The lowest BCUT2D eigenvalue weighted by Crippen LogP contribution is -2.50. The van der Waals surface area contributed by atoms with Crippen molar-refractivity contribution in [3.8, 4) is 0 Å². The van der Waals surface area contributed by atoms with E-state index in [0.717, 1.165) is 0 Å². The van der Waals surface area contributed by atoms with Gasteiger partial charge >= 0.3 is 0 Å². The Morgan fingerprint density at radius 3 is 2.76 bits per heavy atom. The number of carbonyl (C=O) groups excluding carboxylic acids is 2. The summed E-state index contributed by atoms with van der Waals surface area (Å²) in [6.07, 6.45) is 1.29. The van der Waals surface area contributed by atoms with E-state index in [0.29, 0.717) is 32.5 Å². The number of hydrogen-bond acceptors (Lipinski definition) is 3. The van der Waals surface area contributed by atoms with E-state index in [-0.39, 0.29) is 24.0 Å². The Bertz CT molecular complexity index is 281. The molecule has 0 aromatic carbocycles. The summed E-state index contributed by atoms with van der Waals surface area (Å²) in [6.45, 7) is 7.29. The van der Waals surface area contributed by atoms with E-state index in [1.807, 2.05) is 18.7 Å². The molecular weight excluding hydrogens is 220 g/mol. The quantitative estimate of drug-likeness (QED) is 0.732. The zero-order valence-corrected chi connectivity index (χ0v) is 10.9. The molecule has 0 aromatic heterocycles. The molecule has 1 saturated heterocycles. The molecule has 1 heterocycles. The van der Waals surface area contributed by atoms with Gasteiger partial charge in [-0.1, -0.05) is 0 Å². The summed E-state index contributed by atoms with van der Waals surface area (Å²) >= 11 is 0. The normalized spacial score (nSPS) is 24.5. The summed E-state index contributed by atoms with van der Waals surface area (Å²) < 4.78 is 5.48. The first-order chi connectivity index (χ1) is 8.00. The third-order valence-corrected chi connectivity index (χ3v) is 2.87. The van der Waals surface area contributed by atoms with Gasteiger partial charge in [-0.05, 0) is 20.3 Å². The van der Waals surface area contributed by atoms with Gasteiger partial charge in [0.15, 0.2) is 0 Å². The average molecular weight is 242 g/mol. The largest absolute Gasteiger partial charge is 0.375 e. The molecule has 0 saturated carbocycles. The van der Waals surface area contributed by atoms with Crippen LogP contribution in [0.1, 0.15) is 33.6 Å². The van der Waals surface area contributed by atoms with Crippen LogP contribution in [-0.4, -0.2) is 48.6 Å². The molecule has 1 aliphatic rings. The van der Waals surface area contributed by atoms with E-state index in [1.165, 1.54) is 6.92 Å². The predicted molar refractivity (Wildman–Crippen MR) is 64.5 cm³/mol. The number of carbonyl (C=O) groups is 2. The number of ether oxygens (including phenoxy) is 1. The van der Waals surface area contributed by atoms with Gasteiger partial charge in [-0.3, -0.25) is 9.59 Å². The third kappa shape index (κ3) is 4.73. The first-order valence-corrected chi connectivity index (χ1v) is 6.16. The van der Waals surface area contributed by atoms with Gasteiger partial charge in [0.1, 0.15) is 0 Å². The molecule has 1 rings (SSSR count). The van der Waals surface area contributed by atoms with Gasteiger partial charge in [-0.2, -0.15) is 0 Å². The second kappa shape index (κ2) is 6.59. The summed E-state index contributed by atoms with van der Waals surface area (Å²) in [7, 11) is 0. The topological polar surface area (TPSA) is 58.6 Å². The Morgan fingerprint density at radius 1 is 1.41 bits per heavy atom. The molecule has 1 N–H and O–H groups in total. The second-order valence-corrected chi connectivity index (χ2v) is 4.63. The highest BCUT2D eigenvalue weighted by Crippen LogP contribution is 2.13. The number of morpholine rings is 1. The number of rotatable bonds is 4. The van der Waals surface area contributed by atoms with Crippen molar-refractivity contribution >= 4 is 11.8 Å². The fourth-order valence-corrected chi connectivity index (χ4v) is 1.90. The maximum atomic E-state index is 12.0. The van der Waals surface area contributed by atoms with Gasteiger partial charge in [0.25, 0.3) is 0 Å². The van der Waals surface area contributed by atoms with E-state index in [2.05, 4.69) is 5.32 Å². The fourth-order valence-electron chi connectivity index (χ4n) is 1.90. The number of nitrogens with one attached hydrogen (secondary N) is 1. The Labute approximate surface area is 102 Å². The van der Waals surface area contributed by atoms with Crippen molar-refractivity contribution in [1.82, 2.24) is 10.2 Å². The van der Waals surface area contributed by atoms with Crippen LogP contribution in [-0.2, 0) is 14.3 Å². The van der Waals surface area contributed by atoms with Crippen LogP contribution in [0.5, 0.6) is 0 Å². The molecule has 1 fully saturated rings. The van der Waals surface area contributed by atoms with Gasteiger partial charge in [0.05, 0.1) is 18.8 Å². The highest BCUT2D eigenvalue weighted by molar-refractivity contribution is 5.77. The van der Waals surface area contributed by atoms with Gasteiger partial charge in [-0.25, -0.2) is 0 Å². The maximum absolute atomic E-state index is 12.0. The molecule has 2 unspecified atom stereocenters. The van der Waals surface area contributed by atoms with Crippen molar-refractivity contribution < 1.29 is 14.3 Å². The van der Waals surface area contributed by atoms with Crippen LogP contribution >= 0.6 is 0 Å². The molecule has 0 bridgehead atoms. The van der Waals surface area contributed by atoms with Crippen molar-refractivity contribution in [2.45, 2.75) is 45.8 Å². The zero-order valence-electron chi connectivity index (χ0n) is 10.9. The van der Waals surface area contributed by atoms with Crippen LogP contribution in [0, 0.1) is 0 Å². The van der Waals surface area contributed by atoms with E-state index in [4.69, 9.17) is 4.74 Å². The van der Waals surface area contributed by atoms with E-state index in [1.54, 1.807) is 0 Å². The van der Waals surface area contributed by atoms with Crippen molar-refractivity contribution in [3.05, 3.63) is 0 Å². The third-order valence-electron chi connectivity index (χ3n) is 2.87. The highest BCUT2D eigenvalue weighted by atomic mass is 16.5. The first kappa shape index (κ1) is 14.0. The van der Waals surface area contributed by atoms with Gasteiger partial charge in [-0.15, -0.1) is 0 Å². The zero-order chi connectivity index (χ0) is 12.8. The molecule has 5 nitrogen and oxygen atoms in total. The lowest BCUT2D eigenvalue weighted by molar-refractivity contribution is -0.143. The average Bonchev–Trinajstić information content (AvgIpc) is 2.27. The molecular formula is C12H22N2O3. The van der Waals surface area contributed by atoms with Crippen LogP contribution in [0.3, 0.4) is 0 Å². The molecule has 0 radical (unpaired) electrons. The molecule has 2 amide bonds. The minimum absolute atomic E-state index is 0.0502. The maximum Gasteiger partial charge on any atom is 0.223 e. The summed E-state index contributed by atoms with van der Waals surface area (Å²) in [5.74, 6) is 0.101. The lowest BCUT2D eigenvalue weighted by Gasteiger charge is -2.36. The SMILES string of the molecule is CC(=O)NCCCC(=O)N1CC(C)OCC1C. The molecule has 0 spiro atoms. The van der Waals surface area contributed by atoms with Crippen LogP contribution in [0.4, 0.5) is 0 Å². The van der Waals surface area contributed by atoms with E-state index < -0.39 is 0 Å². The minimum atomic E-state index is -0.0502. The summed E-state index contributed by atoms with van der Waals surface area (Å²) in [5.41, 5.74) is 0. The smallest absolute Gasteiger partial charge is 0.223 e. The fraction of sp³-hybridized carbons (Fsp3) is 0.833. The lowest BCUT2D eigenvalue weighted by atomic mass is 10.1. The van der Waals surface area contributed by atoms with Crippen LogP contribution in [0.15, 0.2) is 0 Å². The molecule has 98 valence electrons. The summed E-state index contributed by atoms with van der Waals surface area (Å²) in [6, 6.07) is 0.152. The molecule has 17 heavy (non-hydrogen) atoms. The number of amides is 2. The Kier molecular flexibility index (Phi) is 5.41. The van der Waals surface area contributed by atoms with Gasteiger partial charge in [0, 0.05) is 26.4 Å². The van der Waals surface area contributed by atoms with E-state index in [9.17, 15) is 9.59 Å². The van der Waals surface area contributed by atoms with Crippen LogP contribution in [0.25, 0.3) is 0 Å². The second-order valence-electron chi connectivity index (χ2n) is 4.63. The number of hydrogen-bond donors (Lipinski definition) is 1. The van der Waals surface area contributed by atoms with Crippen molar-refractivity contribution in [3.63, 3.8) is 0 Å². The van der Waals surface area contributed by atoms with Gasteiger partial charge in [0.2, 0.25) is 11.8 Å². The standard InChI is InChI=1S/C12H22N2O3/c1-9-8-17-10(2)7-14(9)12(16)5-4-6-13-11(3)15/h9-10H,4-8H2,1-3H3,(H,13,15).